The Hall–Kier alpha value is -2.13. The normalized spacial score (nSPS) is 11.5. The van der Waals surface area contributed by atoms with Gasteiger partial charge in [0.15, 0.2) is 6.61 Å². The highest BCUT2D eigenvalue weighted by atomic mass is 19.1. The second-order valence-electron chi connectivity index (χ2n) is 4.58. The van der Waals surface area contributed by atoms with E-state index in [4.69, 9.17) is 10.00 Å². The van der Waals surface area contributed by atoms with E-state index in [0.29, 0.717) is 5.56 Å². The van der Waals surface area contributed by atoms with Crippen LogP contribution in [0.1, 0.15) is 31.9 Å². The first kappa shape index (κ1) is 16.9. The van der Waals surface area contributed by atoms with Gasteiger partial charge in [0.2, 0.25) is 0 Å². The number of amides is 1. The van der Waals surface area contributed by atoms with Crippen LogP contribution in [0.3, 0.4) is 0 Å². The SMILES string of the molecule is CCCNC(C)c1ccc(OCC(=O)NCC#N)cc1F. The number of carbonyl (C=O) groups is 1. The van der Waals surface area contributed by atoms with Crippen LogP contribution < -0.4 is 15.4 Å². The summed E-state index contributed by atoms with van der Waals surface area (Å²) in [5, 5.41) is 13.9. The third-order valence-electron chi connectivity index (χ3n) is 2.87. The van der Waals surface area contributed by atoms with E-state index in [0.717, 1.165) is 13.0 Å². The Morgan fingerprint density at radius 1 is 1.52 bits per heavy atom. The van der Waals surface area contributed by atoms with Crippen molar-refractivity contribution in [2.24, 2.45) is 0 Å². The molecule has 2 N–H and O–H groups in total. The van der Waals surface area contributed by atoms with E-state index in [-0.39, 0.29) is 30.8 Å². The minimum Gasteiger partial charge on any atom is -0.484 e. The van der Waals surface area contributed by atoms with Crippen LogP contribution >= 0.6 is 0 Å². The quantitative estimate of drug-likeness (QED) is 0.718. The number of nitriles is 1. The number of halogens is 1. The summed E-state index contributed by atoms with van der Waals surface area (Å²) >= 11 is 0. The first-order valence-corrected chi connectivity index (χ1v) is 6.87. The van der Waals surface area contributed by atoms with Crippen molar-refractivity contribution in [1.29, 1.82) is 5.26 Å². The van der Waals surface area contributed by atoms with Crippen molar-refractivity contribution < 1.29 is 13.9 Å². The Bertz CT molecular complexity index is 514. The molecule has 0 saturated heterocycles. The monoisotopic (exact) mass is 293 g/mol. The summed E-state index contributed by atoms with van der Waals surface area (Å²) in [6, 6.07) is 6.23. The highest BCUT2D eigenvalue weighted by molar-refractivity contribution is 5.77. The molecule has 1 amide bonds. The van der Waals surface area contributed by atoms with E-state index in [2.05, 4.69) is 10.6 Å². The zero-order valence-corrected chi connectivity index (χ0v) is 12.3. The Balaban J connectivity index is 2.57. The third kappa shape index (κ3) is 5.79. The van der Waals surface area contributed by atoms with E-state index >= 15 is 0 Å². The lowest BCUT2D eigenvalue weighted by Crippen LogP contribution is -2.29. The summed E-state index contributed by atoms with van der Waals surface area (Å²) in [5.41, 5.74) is 0.560. The van der Waals surface area contributed by atoms with Crippen LogP contribution in [0.15, 0.2) is 18.2 Å². The van der Waals surface area contributed by atoms with Gasteiger partial charge in [-0.15, -0.1) is 0 Å². The fraction of sp³-hybridized carbons (Fsp3) is 0.467. The van der Waals surface area contributed by atoms with Crippen LogP contribution in [-0.4, -0.2) is 25.6 Å². The molecule has 0 fully saturated rings. The second kappa shape index (κ2) is 8.93. The fourth-order valence-corrected chi connectivity index (χ4v) is 1.76. The van der Waals surface area contributed by atoms with Crippen molar-refractivity contribution >= 4 is 5.91 Å². The molecule has 21 heavy (non-hydrogen) atoms. The number of benzene rings is 1. The van der Waals surface area contributed by atoms with Gasteiger partial charge >= 0.3 is 0 Å². The number of nitrogens with one attached hydrogen (secondary N) is 2. The Kier molecular flexibility index (Phi) is 7.19. The summed E-state index contributed by atoms with van der Waals surface area (Å²) in [5.74, 6) is -0.508. The molecule has 0 radical (unpaired) electrons. The average Bonchev–Trinajstić information content (AvgIpc) is 2.48. The van der Waals surface area contributed by atoms with Crippen molar-refractivity contribution in [3.8, 4) is 11.8 Å². The number of carbonyl (C=O) groups excluding carboxylic acids is 1. The predicted octanol–water partition coefficient (Wildman–Crippen LogP) is 1.90. The van der Waals surface area contributed by atoms with Crippen LogP contribution in [-0.2, 0) is 4.79 Å². The van der Waals surface area contributed by atoms with E-state index < -0.39 is 5.91 Å². The fourth-order valence-electron chi connectivity index (χ4n) is 1.76. The van der Waals surface area contributed by atoms with Crippen LogP contribution in [0.5, 0.6) is 5.75 Å². The first-order chi connectivity index (χ1) is 10.1. The van der Waals surface area contributed by atoms with Crippen LogP contribution in [0, 0.1) is 17.1 Å². The number of hydrogen-bond acceptors (Lipinski definition) is 4. The number of rotatable bonds is 8. The van der Waals surface area contributed by atoms with E-state index in [1.165, 1.54) is 6.07 Å². The van der Waals surface area contributed by atoms with Gasteiger partial charge in [-0.3, -0.25) is 4.79 Å². The molecule has 0 bridgehead atoms. The topological polar surface area (TPSA) is 74.2 Å². The third-order valence-corrected chi connectivity index (χ3v) is 2.87. The van der Waals surface area contributed by atoms with Crippen molar-refractivity contribution in [1.82, 2.24) is 10.6 Å². The maximum absolute atomic E-state index is 14.0. The largest absolute Gasteiger partial charge is 0.484 e. The highest BCUT2D eigenvalue weighted by Gasteiger charge is 2.11. The second-order valence-corrected chi connectivity index (χ2v) is 4.58. The lowest BCUT2D eigenvalue weighted by Gasteiger charge is -2.15. The molecule has 1 aromatic rings. The predicted molar refractivity (Wildman–Crippen MR) is 77.2 cm³/mol. The highest BCUT2D eigenvalue weighted by Crippen LogP contribution is 2.21. The molecule has 0 aliphatic rings. The minimum atomic E-state index is -0.418. The van der Waals surface area contributed by atoms with Gasteiger partial charge in [-0.05, 0) is 26.0 Å². The van der Waals surface area contributed by atoms with Gasteiger partial charge in [0.05, 0.1) is 6.07 Å². The Morgan fingerprint density at radius 2 is 2.29 bits per heavy atom. The van der Waals surface area contributed by atoms with Crippen molar-refractivity contribution in [3.05, 3.63) is 29.6 Å². The van der Waals surface area contributed by atoms with Gasteiger partial charge in [0.1, 0.15) is 18.1 Å². The van der Waals surface area contributed by atoms with E-state index in [1.54, 1.807) is 18.2 Å². The summed E-state index contributed by atoms with van der Waals surface area (Å²) in [6.07, 6.45) is 0.977. The number of nitrogens with zero attached hydrogens (tertiary/aromatic N) is 1. The summed E-state index contributed by atoms with van der Waals surface area (Å²) in [7, 11) is 0. The zero-order chi connectivity index (χ0) is 15.7. The van der Waals surface area contributed by atoms with Gasteiger partial charge in [-0.25, -0.2) is 4.39 Å². The van der Waals surface area contributed by atoms with Crippen molar-refractivity contribution in [2.75, 3.05) is 19.7 Å². The molecule has 6 heteroatoms. The minimum absolute atomic E-state index is 0.0733. The molecule has 0 aliphatic carbocycles. The van der Waals surface area contributed by atoms with Gasteiger partial charge < -0.3 is 15.4 Å². The smallest absolute Gasteiger partial charge is 0.258 e. The molecule has 0 saturated carbocycles. The van der Waals surface area contributed by atoms with E-state index in [9.17, 15) is 9.18 Å². The lowest BCUT2D eigenvalue weighted by molar-refractivity contribution is -0.122. The summed E-state index contributed by atoms with van der Waals surface area (Å²) < 4.78 is 19.2. The molecule has 0 spiro atoms. The molecule has 114 valence electrons. The molecule has 0 heterocycles. The van der Waals surface area contributed by atoms with Crippen LogP contribution in [0.25, 0.3) is 0 Å². The zero-order valence-electron chi connectivity index (χ0n) is 12.3. The Labute approximate surface area is 124 Å². The maximum Gasteiger partial charge on any atom is 0.258 e. The Morgan fingerprint density at radius 3 is 2.90 bits per heavy atom. The molecular weight excluding hydrogens is 273 g/mol. The standard InChI is InChI=1S/C15H20FN3O2/c1-3-7-18-11(2)13-5-4-12(9-14(13)16)21-10-15(20)19-8-6-17/h4-5,9,11,18H,3,7-8,10H2,1-2H3,(H,19,20). The molecule has 1 rings (SSSR count). The van der Waals surface area contributed by atoms with Gasteiger partial charge in [-0.2, -0.15) is 5.26 Å². The summed E-state index contributed by atoms with van der Waals surface area (Å²) in [4.78, 5) is 11.3. The summed E-state index contributed by atoms with van der Waals surface area (Å²) in [6.45, 7) is 4.44. The van der Waals surface area contributed by atoms with Crippen molar-refractivity contribution in [3.63, 3.8) is 0 Å². The molecule has 0 aromatic heterocycles. The molecule has 5 nitrogen and oxygen atoms in total. The van der Waals surface area contributed by atoms with Gasteiger partial charge in [-0.1, -0.05) is 13.0 Å². The van der Waals surface area contributed by atoms with Gasteiger partial charge in [0, 0.05) is 17.7 Å². The van der Waals surface area contributed by atoms with Gasteiger partial charge in [0.25, 0.3) is 5.91 Å². The molecule has 1 aromatic carbocycles. The molecular formula is C15H20FN3O2. The molecule has 0 aliphatic heterocycles. The number of hydrogen-bond donors (Lipinski definition) is 2. The van der Waals surface area contributed by atoms with Crippen molar-refractivity contribution in [2.45, 2.75) is 26.3 Å². The average molecular weight is 293 g/mol. The van der Waals surface area contributed by atoms with E-state index in [1.807, 2.05) is 13.8 Å². The molecule has 1 unspecified atom stereocenters. The van der Waals surface area contributed by atoms with Crippen LogP contribution in [0.4, 0.5) is 4.39 Å². The molecule has 1 atom stereocenters. The van der Waals surface area contributed by atoms with Crippen LogP contribution in [0.2, 0.25) is 0 Å². The maximum atomic E-state index is 14.0. The first-order valence-electron chi connectivity index (χ1n) is 6.87. The number of ether oxygens (including phenoxy) is 1. The lowest BCUT2D eigenvalue weighted by atomic mass is 10.1.